The first-order chi connectivity index (χ1) is 12.6. The average molecular weight is 367 g/mol. The number of benzene rings is 2. The molecule has 0 bridgehead atoms. The van der Waals surface area contributed by atoms with E-state index in [1.165, 1.54) is 17.7 Å². The molecule has 0 aliphatic heterocycles. The van der Waals surface area contributed by atoms with Gasteiger partial charge in [0.15, 0.2) is 11.0 Å². The average Bonchev–Trinajstić information content (AvgIpc) is 3.04. The summed E-state index contributed by atoms with van der Waals surface area (Å²) in [6, 6.07) is 15.0. The second-order valence-corrected chi connectivity index (χ2v) is 7.34. The van der Waals surface area contributed by atoms with Crippen molar-refractivity contribution < 1.29 is 4.39 Å². The van der Waals surface area contributed by atoms with Crippen molar-refractivity contribution in [1.82, 2.24) is 14.8 Å². The second-order valence-electron chi connectivity index (χ2n) is 6.40. The fourth-order valence-corrected chi connectivity index (χ4v) is 3.55. The molecule has 0 unspecified atom stereocenters. The van der Waals surface area contributed by atoms with E-state index in [-0.39, 0.29) is 5.82 Å². The Balaban J connectivity index is 1.83. The Bertz CT molecular complexity index is 867. The Morgan fingerprint density at radius 2 is 1.77 bits per heavy atom. The number of halogens is 1. The summed E-state index contributed by atoms with van der Waals surface area (Å²) in [5.41, 5.74) is 3.39. The van der Waals surface area contributed by atoms with Gasteiger partial charge in [-0.05, 0) is 29.2 Å². The maximum Gasteiger partial charge on any atom is 0.192 e. The van der Waals surface area contributed by atoms with Crippen molar-refractivity contribution >= 4 is 11.8 Å². The highest BCUT2D eigenvalue weighted by atomic mass is 32.2. The number of aromatic nitrogens is 3. The second kappa shape index (κ2) is 8.32. The molecule has 1 heterocycles. The molecule has 3 rings (SSSR count). The minimum atomic E-state index is -0.222. The third-order valence-corrected chi connectivity index (χ3v) is 5.18. The highest BCUT2D eigenvalue weighted by Gasteiger charge is 2.14. The largest absolute Gasteiger partial charge is 0.298 e. The van der Waals surface area contributed by atoms with Crippen LogP contribution in [0.25, 0.3) is 11.4 Å². The molecule has 0 atom stereocenters. The molecule has 1 aromatic heterocycles. The van der Waals surface area contributed by atoms with Gasteiger partial charge in [-0.1, -0.05) is 68.1 Å². The molecule has 2 aromatic carbocycles. The molecule has 0 saturated heterocycles. The first kappa shape index (κ1) is 18.4. The summed E-state index contributed by atoms with van der Waals surface area (Å²) < 4.78 is 15.1. The number of allylic oxidation sites excluding steroid dienone is 1. The van der Waals surface area contributed by atoms with Crippen molar-refractivity contribution in [3.05, 3.63) is 78.1 Å². The predicted octanol–water partition coefficient (Wildman–Crippen LogP) is 5.69. The van der Waals surface area contributed by atoms with Crippen LogP contribution < -0.4 is 0 Å². The molecule has 0 aliphatic rings. The summed E-state index contributed by atoms with van der Waals surface area (Å²) >= 11 is 1.59. The van der Waals surface area contributed by atoms with E-state index in [2.05, 4.69) is 59.5 Å². The van der Waals surface area contributed by atoms with Crippen LogP contribution in [0.4, 0.5) is 4.39 Å². The molecule has 0 radical (unpaired) electrons. The Hall–Kier alpha value is -2.40. The zero-order chi connectivity index (χ0) is 18.5. The Morgan fingerprint density at radius 1 is 1.08 bits per heavy atom. The topological polar surface area (TPSA) is 30.7 Å². The Kier molecular flexibility index (Phi) is 5.89. The van der Waals surface area contributed by atoms with Gasteiger partial charge in [-0.25, -0.2) is 4.39 Å². The van der Waals surface area contributed by atoms with Crippen LogP contribution in [-0.2, 0) is 12.3 Å². The zero-order valence-corrected chi connectivity index (χ0v) is 15.8. The summed E-state index contributed by atoms with van der Waals surface area (Å²) in [5.74, 6) is 1.82. The normalized spacial score (nSPS) is 11.1. The van der Waals surface area contributed by atoms with Gasteiger partial charge in [0.25, 0.3) is 0 Å². The highest BCUT2D eigenvalue weighted by molar-refractivity contribution is 7.98. The summed E-state index contributed by atoms with van der Waals surface area (Å²) in [5, 5.41) is 9.58. The summed E-state index contributed by atoms with van der Waals surface area (Å²) in [7, 11) is 0. The van der Waals surface area contributed by atoms with E-state index in [1.807, 2.05) is 6.08 Å². The Labute approximate surface area is 158 Å². The number of rotatable bonds is 7. The van der Waals surface area contributed by atoms with Crippen LogP contribution in [0.1, 0.15) is 30.9 Å². The lowest BCUT2D eigenvalue weighted by Gasteiger charge is -2.09. The molecule has 0 amide bonds. The molecule has 0 saturated carbocycles. The van der Waals surface area contributed by atoms with E-state index < -0.39 is 0 Å². The van der Waals surface area contributed by atoms with Gasteiger partial charge in [0.2, 0.25) is 0 Å². The van der Waals surface area contributed by atoms with Crippen LogP contribution in [0.3, 0.4) is 0 Å². The fourth-order valence-electron chi connectivity index (χ4n) is 2.65. The van der Waals surface area contributed by atoms with Crippen molar-refractivity contribution in [2.45, 2.75) is 37.2 Å². The first-order valence-electron chi connectivity index (χ1n) is 8.60. The van der Waals surface area contributed by atoms with Crippen LogP contribution in [0.15, 0.2) is 66.3 Å². The molecule has 134 valence electrons. The van der Waals surface area contributed by atoms with Gasteiger partial charge < -0.3 is 0 Å². The van der Waals surface area contributed by atoms with Gasteiger partial charge in [0.05, 0.1) is 0 Å². The highest BCUT2D eigenvalue weighted by Crippen LogP contribution is 2.27. The van der Waals surface area contributed by atoms with Crippen molar-refractivity contribution in [3.63, 3.8) is 0 Å². The smallest absolute Gasteiger partial charge is 0.192 e. The van der Waals surface area contributed by atoms with E-state index in [0.29, 0.717) is 18.2 Å². The van der Waals surface area contributed by atoms with Gasteiger partial charge in [-0.15, -0.1) is 16.8 Å². The molecule has 5 heteroatoms. The molecule has 3 aromatic rings. The van der Waals surface area contributed by atoms with E-state index >= 15 is 0 Å². The van der Waals surface area contributed by atoms with E-state index in [4.69, 9.17) is 0 Å². The lowest BCUT2D eigenvalue weighted by Crippen LogP contribution is -2.01. The minimum absolute atomic E-state index is 0.222. The maximum absolute atomic E-state index is 13.0. The third kappa shape index (κ3) is 4.22. The van der Waals surface area contributed by atoms with E-state index in [1.54, 1.807) is 23.9 Å². The monoisotopic (exact) mass is 367 g/mol. The van der Waals surface area contributed by atoms with Gasteiger partial charge in [-0.2, -0.15) is 0 Å². The lowest BCUT2D eigenvalue weighted by atomic mass is 10.0. The van der Waals surface area contributed by atoms with Crippen molar-refractivity contribution in [3.8, 4) is 11.4 Å². The quantitative estimate of drug-likeness (QED) is 0.397. The number of nitrogens with zero attached hydrogens (tertiary/aromatic N) is 3. The van der Waals surface area contributed by atoms with Crippen LogP contribution in [0.2, 0.25) is 0 Å². The van der Waals surface area contributed by atoms with Crippen molar-refractivity contribution in [1.29, 1.82) is 0 Å². The third-order valence-electron chi connectivity index (χ3n) is 4.15. The molecule has 0 spiro atoms. The number of hydrogen-bond acceptors (Lipinski definition) is 3. The minimum Gasteiger partial charge on any atom is -0.298 e. The molecular weight excluding hydrogens is 345 g/mol. The summed E-state index contributed by atoms with van der Waals surface area (Å²) in [6.07, 6.45) is 1.84. The fraction of sp³-hybridized carbons (Fsp3) is 0.238. The standard InChI is InChI=1S/C21H22FN3S/c1-4-13-25-20(18-9-7-17(8-10-18)15(2)3)23-24-21(25)26-14-16-5-11-19(22)12-6-16/h4-12,15H,1,13-14H2,2-3H3. The van der Waals surface area contributed by atoms with Gasteiger partial charge in [-0.3, -0.25) is 4.57 Å². The van der Waals surface area contributed by atoms with Crippen LogP contribution in [0, 0.1) is 5.82 Å². The lowest BCUT2D eigenvalue weighted by molar-refractivity contribution is 0.627. The summed E-state index contributed by atoms with van der Waals surface area (Å²) in [6.45, 7) is 8.85. The zero-order valence-electron chi connectivity index (χ0n) is 15.0. The Morgan fingerprint density at radius 3 is 2.38 bits per heavy atom. The van der Waals surface area contributed by atoms with E-state index in [0.717, 1.165) is 22.1 Å². The van der Waals surface area contributed by atoms with Gasteiger partial charge in [0, 0.05) is 17.9 Å². The van der Waals surface area contributed by atoms with Crippen molar-refractivity contribution in [2.75, 3.05) is 0 Å². The number of thioether (sulfide) groups is 1. The maximum atomic E-state index is 13.0. The first-order valence-corrected chi connectivity index (χ1v) is 9.58. The molecule has 0 aliphatic carbocycles. The molecule has 0 fully saturated rings. The SMILES string of the molecule is C=CCn1c(SCc2ccc(F)cc2)nnc1-c1ccc(C(C)C)cc1. The van der Waals surface area contributed by atoms with Crippen molar-refractivity contribution in [2.24, 2.45) is 0 Å². The van der Waals surface area contributed by atoms with Crippen LogP contribution >= 0.6 is 11.8 Å². The van der Waals surface area contributed by atoms with Crippen LogP contribution in [0.5, 0.6) is 0 Å². The number of hydrogen-bond donors (Lipinski definition) is 0. The molecule has 26 heavy (non-hydrogen) atoms. The molecule has 0 N–H and O–H groups in total. The van der Waals surface area contributed by atoms with Gasteiger partial charge >= 0.3 is 0 Å². The van der Waals surface area contributed by atoms with E-state index in [9.17, 15) is 4.39 Å². The summed E-state index contributed by atoms with van der Waals surface area (Å²) in [4.78, 5) is 0. The molecular formula is C21H22FN3S. The van der Waals surface area contributed by atoms with Crippen LogP contribution in [-0.4, -0.2) is 14.8 Å². The predicted molar refractivity (Wildman–Crippen MR) is 106 cm³/mol. The van der Waals surface area contributed by atoms with Gasteiger partial charge in [0.1, 0.15) is 5.82 Å². The molecule has 3 nitrogen and oxygen atoms in total.